The number of carbonyl (C=O) groups is 1. The van der Waals surface area contributed by atoms with Gasteiger partial charge < -0.3 is 16.2 Å². The lowest BCUT2D eigenvalue weighted by atomic mass is 9.94. The minimum Gasteiger partial charge on any atom is -0.396 e. The predicted molar refractivity (Wildman–Crippen MR) is 52.5 cm³/mol. The number of aliphatic hydroxyl groups excluding tert-OH is 1. The van der Waals surface area contributed by atoms with Crippen molar-refractivity contribution in [1.82, 2.24) is 5.32 Å². The van der Waals surface area contributed by atoms with E-state index in [-0.39, 0.29) is 13.2 Å². The molecule has 1 unspecified atom stereocenters. The molecule has 0 heterocycles. The molecule has 4 nitrogen and oxygen atoms in total. The summed E-state index contributed by atoms with van der Waals surface area (Å²) in [6, 6.07) is 0. The maximum Gasteiger partial charge on any atom is 0.415 e. The van der Waals surface area contributed by atoms with Gasteiger partial charge in [0.15, 0.2) is 5.54 Å². The number of nitrogens with one attached hydrogen (secondary N) is 1. The number of halogens is 3. The summed E-state index contributed by atoms with van der Waals surface area (Å²) in [5, 5.41) is 10.9. The zero-order valence-electron chi connectivity index (χ0n) is 9.48. The average Bonchev–Trinajstić information content (AvgIpc) is 2.12. The molecule has 0 bridgehead atoms. The van der Waals surface area contributed by atoms with Crippen LogP contribution in [0.5, 0.6) is 0 Å². The van der Waals surface area contributed by atoms with Gasteiger partial charge in [0.25, 0.3) is 0 Å². The number of alkyl halides is 3. The lowest BCUT2D eigenvalue weighted by Crippen LogP contribution is -2.62. The molecule has 1 atom stereocenters. The fraction of sp³-hybridized carbons (Fsp3) is 0.889. The molecule has 0 fully saturated rings. The highest BCUT2D eigenvalue weighted by Crippen LogP contribution is 2.28. The molecule has 0 saturated carbocycles. The molecule has 0 aromatic rings. The smallest absolute Gasteiger partial charge is 0.396 e. The van der Waals surface area contributed by atoms with Gasteiger partial charge >= 0.3 is 6.18 Å². The molecule has 0 aliphatic heterocycles. The van der Waals surface area contributed by atoms with Crippen molar-refractivity contribution in [3.8, 4) is 0 Å². The van der Waals surface area contributed by atoms with E-state index in [1.165, 1.54) is 0 Å². The Morgan fingerprint density at radius 3 is 2.06 bits per heavy atom. The van der Waals surface area contributed by atoms with Crippen molar-refractivity contribution in [2.75, 3.05) is 13.2 Å². The van der Waals surface area contributed by atoms with Gasteiger partial charge in [0, 0.05) is 18.6 Å². The maximum atomic E-state index is 12.4. The summed E-state index contributed by atoms with van der Waals surface area (Å²) < 4.78 is 37.1. The van der Waals surface area contributed by atoms with Crippen LogP contribution in [0.25, 0.3) is 0 Å². The first kappa shape index (κ1) is 15.2. The largest absolute Gasteiger partial charge is 0.415 e. The van der Waals surface area contributed by atoms with Gasteiger partial charge in [0.05, 0.1) is 0 Å². The van der Waals surface area contributed by atoms with Crippen molar-refractivity contribution in [2.24, 2.45) is 11.1 Å². The van der Waals surface area contributed by atoms with Crippen LogP contribution in [0.3, 0.4) is 0 Å². The van der Waals surface area contributed by atoms with Crippen LogP contribution in [0.4, 0.5) is 13.2 Å². The Balaban J connectivity index is 4.50. The molecule has 7 heteroatoms. The van der Waals surface area contributed by atoms with Gasteiger partial charge in [-0.05, 0) is 6.92 Å². The molecule has 0 aliphatic rings. The van der Waals surface area contributed by atoms with E-state index < -0.39 is 23.0 Å². The van der Waals surface area contributed by atoms with E-state index >= 15 is 0 Å². The molecular formula is C9H17F3N2O2. The Hall–Kier alpha value is -0.820. The summed E-state index contributed by atoms with van der Waals surface area (Å²) >= 11 is 0. The first-order chi connectivity index (χ1) is 6.94. The van der Waals surface area contributed by atoms with E-state index in [4.69, 9.17) is 10.8 Å². The molecule has 0 spiro atoms. The van der Waals surface area contributed by atoms with Gasteiger partial charge in [-0.2, -0.15) is 13.2 Å². The molecule has 96 valence electrons. The van der Waals surface area contributed by atoms with Gasteiger partial charge in [-0.15, -0.1) is 0 Å². The van der Waals surface area contributed by atoms with E-state index in [1.54, 1.807) is 13.8 Å². The number of aliphatic hydroxyl groups is 1. The van der Waals surface area contributed by atoms with E-state index in [2.05, 4.69) is 5.32 Å². The zero-order valence-corrected chi connectivity index (χ0v) is 9.48. The standard InChI is InChI=1S/C9H17F3N2O2/c1-7(2,5-15)4-14-6(16)8(3,13)9(10,11)12/h15H,4-5,13H2,1-3H3,(H,14,16). The second-order valence-corrected chi connectivity index (χ2v) is 4.71. The minimum atomic E-state index is -4.81. The van der Waals surface area contributed by atoms with Crippen LogP contribution < -0.4 is 11.1 Å². The lowest BCUT2D eigenvalue weighted by Gasteiger charge is -2.29. The molecule has 1 amide bonds. The SMILES string of the molecule is CC(C)(CO)CNC(=O)C(C)(N)C(F)(F)F. The predicted octanol–water partition coefficient (Wildman–Crippen LogP) is 0.401. The Morgan fingerprint density at radius 2 is 1.75 bits per heavy atom. The Labute approximate surface area is 92.0 Å². The topological polar surface area (TPSA) is 75.3 Å². The molecular weight excluding hydrogens is 225 g/mol. The quantitative estimate of drug-likeness (QED) is 0.668. The third kappa shape index (κ3) is 3.64. The molecule has 0 rings (SSSR count). The van der Waals surface area contributed by atoms with Crippen LogP contribution in [0, 0.1) is 5.41 Å². The molecule has 0 saturated heterocycles. The van der Waals surface area contributed by atoms with Crippen molar-refractivity contribution in [2.45, 2.75) is 32.5 Å². The number of rotatable bonds is 4. The summed E-state index contributed by atoms with van der Waals surface area (Å²) in [4.78, 5) is 11.2. The number of amides is 1. The number of carbonyl (C=O) groups excluding carboxylic acids is 1. The van der Waals surface area contributed by atoms with Crippen LogP contribution in [0.1, 0.15) is 20.8 Å². The number of nitrogens with two attached hydrogens (primary N) is 1. The first-order valence-corrected chi connectivity index (χ1v) is 4.69. The number of hydrogen-bond donors (Lipinski definition) is 3. The van der Waals surface area contributed by atoms with Gasteiger partial charge in [-0.3, -0.25) is 4.79 Å². The van der Waals surface area contributed by atoms with Gasteiger partial charge in [0.2, 0.25) is 5.91 Å². The van der Waals surface area contributed by atoms with Crippen molar-refractivity contribution in [3.05, 3.63) is 0 Å². The van der Waals surface area contributed by atoms with Gasteiger partial charge in [-0.25, -0.2) is 0 Å². The van der Waals surface area contributed by atoms with Crippen molar-refractivity contribution in [1.29, 1.82) is 0 Å². The molecule has 4 N–H and O–H groups in total. The van der Waals surface area contributed by atoms with Crippen molar-refractivity contribution < 1.29 is 23.1 Å². The normalized spacial score (nSPS) is 16.8. The van der Waals surface area contributed by atoms with Gasteiger partial charge in [0.1, 0.15) is 0 Å². The second kappa shape index (κ2) is 4.58. The van der Waals surface area contributed by atoms with Crippen molar-refractivity contribution in [3.63, 3.8) is 0 Å². The fourth-order valence-electron chi connectivity index (χ4n) is 0.688. The van der Waals surface area contributed by atoms with Crippen LogP contribution in [-0.4, -0.2) is 35.9 Å². The minimum absolute atomic E-state index is 0.0782. The molecule has 0 aromatic carbocycles. The highest BCUT2D eigenvalue weighted by Gasteiger charge is 2.53. The fourth-order valence-corrected chi connectivity index (χ4v) is 0.688. The third-order valence-corrected chi connectivity index (χ3v) is 2.22. The summed E-state index contributed by atoms with van der Waals surface area (Å²) in [6.07, 6.45) is -4.81. The Morgan fingerprint density at radius 1 is 1.31 bits per heavy atom. The first-order valence-electron chi connectivity index (χ1n) is 4.69. The Bertz CT molecular complexity index is 262. The van der Waals surface area contributed by atoms with Gasteiger partial charge in [-0.1, -0.05) is 13.8 Å². The molecule has 0 aromatic heterocycles. The van der Waals surface area contributed by atoms with Crippen LogP contribution in [0.2, 0.25) is 0 Å². The zero-order chi connectivity index (χ0) is 13.2. The monoisotopic (exact) mass is 242 g/mol. The van der Waals surface area contributed by atoms with Crippen LogP contribution in [-0.2, 0) is 4.79 Å². The van der Waals surface area contributed by atoms with Crippen LogP contribution >= 0.6 is 0 Å². The maximum absolute atomic E-state index is 12.4. The summed E-state index contributed by atoms with van der Waals surface area (Å²) in [7, 11) is 0. The van der Waals surface area contributed by atoms with E-state index in [0.717, 1.165) is 0 Å². The highest BCUT2D eigenvalue weighted by molar-refractivity contribution is 5.86. The number of hydrogen-bond acceptors (Lipinski definition) is 3. The summed E-state index contributed by atoms with van der Waals surface area (Å²) in [6.45, 7) is 3.49. The Kier molecular flexibility index (Phi) is 4.35. The highest BCUT2D eigenvalue weighted by atomic mass is 19.4. The molecule has 0 aliphatic carbocycles. The van der Waals surface area contributed by atoms with Crippen LogP contribution in [0.15, 0.2) is 0 Å². The lowest BCUT2D eigenvalue weighted by molar-refractivity contribution is -0.187. The van der Waals surface area contributed by atoms with Crippen molar-refractivity contribution >= 4 is 5.91 Å². The van der Waals surface area contributed by atoms with E-state index in [1.807, 2.05) is 0 Å². The summed E-state index contributed by atoms with van der Waals surface area (Å²) in [5.41, 5.74) is 1.31. The average molecular weight is 242 g/mol. The van der Waals surface area contributed by atoms with E-state index in [9.17, 15) is 18.0 Å². The molecule has 16 heavy (non-hydrogen) atoms. The van der Waals surface area contributed by atoms with E-state index in [0.29, 0.717) is 6.92 Å². The second-order valence-electron chi connectivity index (χ2n) is 4.71. The molecule has 0 radical (unpaired) electrons. The third-order valence-electron chi connectivity index (χ3n) is 2.22. The summed E-state index contributed by atoms with van der Waals surface area (Å²) in [5.74, 6) is -1.30.